The minimum atomic E-state index is -1.25. The molecule has 0 aromatic heterocycles. The zero-order valence-corrected chi connectivity index (χ0v) is 25.2. The quantitative estimate of drug-likeness (QED) is 0.192. The first-order chi connectivity index (χ1) is 22.0. The van der Waals surface area contributed by atoms with Crippen LogP contribution < -0.4 is 19.9 Å². The molecule has 7 nitrogen and oxygen atoms in total. The van der Waals surface area contributed by atoms with Gasteiger partial charge in [-0.1, -0.05) is 66.7 Å². The molecule has 1 N–H and O–H groups in total. The Hall–Kier alpha value is -5.56. The number of ether oxygens (including phenoxy) is 2. The van der Waals surface area contributed by atoms with Gasteiger partial charge < -0.3 is 19.7 Å². The Morgan fingerprint density at radius 3 is 2.16 bits per heavy atom. The monoisotopic (exact) mass is 595 g/mol. The highest BCUT2D eigenvalue weighted by atomic mass is 16.6. The van der Waals surface area contributed by atoms with E-state index in [1.54, 1.807) is 11.0 Å². The number of benzene rings is 5. The van der Waals surface area contributed by atoms with Crippen LogP contribution in [0.5, 0.6) is 11.5 Å². The second kappa shape index (κ2) is 11.5. The normalized spacial score (nSPS) is 15.7. The highest BCUT2D eigenvalue weighted by Gasteiger charge is 2.53. The number of urea groups is 1. The van der Waals surface area contributed by atoms with Crippen molar-refractivity contribution in [3.63, 3.8) is 0 Å². The van der Waals surface area contributed by atoms with Crippen LogP contribution in [0, 0.1) is 0 Å². The van der Waals surface area contributed by atoms with Gasteiger partial charge in [0, 0.05) is 52.9 Å². The van der Waals surface area contributed by atoms with E-state index in [1.807, 2.05) is 109 Å². The maximum atomic E-state index is 13.9. The molecular formula is C38H33N3O4. The zero-order valence-electron chi connectivity index (χ0n) is 25.2. The van der Waals surface area contributed by atoms with Crippen LogP contribution in [0.1, 0.15) is 46.5 Å². The average molecular weight is 596 g/mol. The van der Waals surface area contributed by atoms with Crippen LogP contribution in [0.2, 0.25) is 0 Å². The van der Waals surface area contributed by atoms with E-state index in [4.69, 9.17) is 9.47 Å². The zero-order chi connectivity index (χ0) is 31.0. The summed E-state index contributed by atoms with van der Waals surface area (Å²) < 4.78 is 13.0. The SMILES string of the molecule is CCN(CC)c1ccc2c(c1)Oc1ccc(N(Cc3ccccc3)C(=O)Nc3ccccc3)cc1C21OC(=O)c2ccccc21. The molecule has 7 heteroatoms. The van der Waals surface area contributed by atoms with Crippen molar-refractivity contribution in [3.8, 4) is 11.5 Å². The van der Waals surface area contributed by atoms with E-state index in [1.165, 1.54) is 0 Å². The number of hydrogen-bond acceptors (Lipinski definition) is 5. The number of rotatable bonds is 7. The third-order valence-electron chi connectivity index (χ3n) is 8.57. The van der Waals surface area contributed by atoms with E-state index in [2.05, 4.69) is 30.1 Å². The van der Waals surface area contributed by atoms with E-state index in [0.717, 1.165) is 35.5 Å². The topological polar surface area (TPSA) is 71.1 Å². The maximum absolute atomic E-state index is 13.9. The minimum absolute atomic E-state index is 0.288. The molecule has 224 valence electrons. The number of esters is 1. The van der Waals surface area contributed by atoms with Gasteiger partial charge in [-0.2, -0.15) is 0 Å². The van der Waals surface area contributed by atoms with Gasteiger partial charge in [0.25, 0.3) is 0 Å². The van der Waals surface area contributed by atoms with Gasteiger partial charge in [0.2, 0.25) is 0 Å². The summed E-state index contributed by atoms with van der Waals surface area (Å²) in [6.45, 7) is 6.26. The Morgan fingerprint density at radius 2 is 1.40 bits per heavy atom. The molecule has 1 unspecified atom stereocenters. The number of fused-ring (bicyclic) bond motifs is 6. The van der Waals surface area contributed by atoms with E-state index in [9.17, 15) is 9.59 Å². The van der Waals surface area contributed by atoms with E-state index in [-0.39, 0.29) is 6.03 Å². The van der Waals surface area contributed by atoms with Gasteiger partial charge in [-0.25, -0.2) is 9.59 Å². The van der Waals surface area contributed by atoms with Crippen molar-refractivity contribution in [3.05, 3.63) is 149 Å². The fourth-order valence-electron chi connectivity index (χ4n) is 6.36. The Balaban J connectivity index is 1.39. The first-order valence-electron chi connectivity index (χ1n) is 15.2. The predicted molar refractivity (Wildman–Crippen MR) is 176 cm³/mol. The number of nitrogens with one attached hydrogen (secondary N) is 1. The first kappa shape index (κ1) is 28.2. The summed E-state index contributed by atoms with van der Waals surface area (Å²) in [5.41, 5.74) is 4.73. The molecule has 7 rings (SSSR count). The number of carbonyl (C=O) groups excluding carboxylic acids is 2. The van der Waals surface area contributed by atoms with E-state index in [0.29, 0.717) is 40.5 Å². The van der Waals surface area contributed by atoms with Crippen molar-refractivity contribution in [2.75, 3.05) is 28.2 Å². The van der Waals surface area contributed by atoms with E-state index >= 15 is 0 Å². The molecule has 0 saturated heterocycles. The lowest BCUT2D eigenvalue weighted by atomic mass is 9.77. The van der Waals surface area contributed by atoms with E-state index < -0.39 is 11.6 Å². The van der Waals surface area contributed by atoms with Crippen molar-refractivity contribution < 1.29 is 19.1 Å². The van der Waals surface area contributed by atoms with Crippen LogP contribution in [-0.4, -0.2) is 25.1 Å². The van der Waals surface area contributed by atoms with Crippen LogP contribution in [-0.2, 0) is 16.9 Å². The number of amides is 2. The van der Waals surface area contributed by atoms with Gasteiger partial charge in [-0.15, -0.1) is 0 Å². The molecular weight excluding hydrogens is 562 g/mol. The third-order valence-corrected chi connectivity index (χ3v) is 8.57. The maximum Gasteiger partial charge on any atom is 0.340 e. The fraction of sp³-hybridized carbons (Fsp3) is 0.158. The highest BCUT2D eigenvalue weighted by Crippen LogP contribution is 2.57. The Bertz CT molecular complexity index is 1890. The Morgan fingerprint density at radius 1 is 0.711 bits per heavy atom. The largest absolute Gasteiger partial charge is 0.456 e. The minimum Gasteiger partial charge on any atom is -0.456 e. The van der Waals surface area contributed by atoms with Crippen LogP contribution in [0.15, 0.2) is 121 Å². The molecule has 45 heavy (non-hydrogen) atoms. The summed E-state index contributed by atoms with van der Waals surface area (Å²) in [4.78, 5) is 31.3. The summed E-state index contributed by atoms with van der Waals surface area (Å²) in [5, 5.41) is 3.03. The fourth-order valence-corrected chi connectivity index (χ4v) is 6.36. The molecule has 0 fully saturated rings. The van der Waals surface area contributed by atoms with Crippen LogP contribution in [0.4, 0.5) is 21.9 Å². The second-order valence-electron chi connectivity index (χ2n) is 11.1. The molecule has 5 aromatic carbocycles. The molecule has 2 heterocycles. The standard InChI is InChI=1S/C38H33N3O4/c1-3-40(4-2)28-19-21-32-35(24-28)44-34-22-20-29(23-33(34)38(32)31-18-12-11-17-30(31)36(42)45-38)41(25-26-13-7-5-8-14-26)37(43)39-27-15-9-6-10-16-27/h5-24H,3-4,25H2,1-2H3,(H,39,43). The molecule has 2 aliphatic rings. The van der Waals surface area contributed by atoms with Crippen molar-refractivity contribution in [1.29, 1.82) is 0 Å². The number of hydrogen-bond donors (Lipinski definition) is 1. The second-order valence-corrected chi connectivity index (χ2v) is 11.1. The van der Waals surface area contributed by atoms with Crippen LogP contribution in [0.3, 0.4) is 0 Å². The molecule has 0 aliphatic carbocycles. The van der Waals surface area contributed by atoms with Crippen molar-refractivity contribution >= 4 is 29.1 Å². The number of para-hydroxylation sites is 1. The molecule has 2 amide bonds. The first-order valence-corrected chi connectivity index (χ1v) is 15.2. The summed E-state index contributed by atoms with van der Waals surface area (Å²) in [6.07, 6.45) is 0. The highest BCUT2D eigenvalue weighted by molar-refractivity contribution is 6.02. The number of anilines is 3. The van der Waals surface area contributed by atoms with Crippen LogP contribution in [0.25, 0.3) is 0 Å². The van der Waals surface area contributed by atoms with Gasteiger partial charge in [0.15, 0.2) is 5.60 Å². The molecule has 1 atom stereocenters. The van der Waals surface area contributed by atoms with Crippen molar-refractivity contribution in [2.24, 2.45) is 0 Å². The molecule has 1 spiro atoms. The Labute approximate surface area is 262 Å². The van der Waals surface area contributed by atoms with Crippen molar-refractivity contribution in [2.45, 2.75) is 26.0 Å². The molecule has 2 aliphatic heterocycles. The van der Waals surface area contributed by atoms with Crippen molar-refractivity contribution in [1.82, 2.24) is 0 Å². The lowest BCUT2D eigenvalue weighted by Gasteiger charge is -2.38. The lowest BCUT2D eigenvalue weighted by molar-refractivity contribution is 0.0224. The Kier molecular flexibility index (Phi) is 7.22. The van der Waals surface area contributed by atoms with Gasteiger partial charge in [-0.3, -0.25) is 4.90 Å². The molecule has 5 aromatic rings. The molecule has 0 bridgehead atoms. The third kappa shape index (κ3) is 4.86. The summed E-state index contributed by atoms with van der Waals surface area (Å²) >= 11 is 0. The van der Waals surface area contributed by atoms with Gasteiger partial charge in [0.05, 0.1) is 12.1 Å². The predicted octanol–water partition coefficient (Wildman–Crippen LogP) is 8.34. The smallest absolute Gasteiger partial charge is 0.340 e. The lowest BCUT2D eigenvalue weighted by Crippen LogP contribution is -2.36. The summed E-state index contributed by atoms with van der Waals surface area (Å²) in [5.74, 6) is 0.799. The van der Waals surface area contributed by atoms with Gasteiger partial charge >= 0.3 is 12.0 Å². The molecule has 0 saturated carbocycles. The van der Waals surface area contributed by atoms with Gasteiger partial charge in [-0.05, 0) is 67.9 Å². The van der Waals surface area contributed by atoms with Gasteiger partial charge in [0.1, 0.15) is 11.5 Å². The number of nitrogens with zero attached hydrogens (tertiary/aromatic N) is 2. The molecule has 0 radical (unpaired) electrons. The van der Waals surface area contributed by atoms with Crippen LogP contribution >= 0.6 is 0 Å². The summed E-state index contributed by atoms with van der Waals surface area (Å²) in [7, 11) is 0. The summed E-state index contributed by atoms with van der Waals surface area (Å²) in [6, 6.07) is 38.1. The average Bonchev–Trinajstić information content (AvgIpc) is 3.37. The number of carbonyl (C=O) groups is 2.